The minimum Gasteiger partial charge on any atom is -0.296 e. The van der Waals surface area contributed by atoms with Crippen molar-refractivity contribution in [1.82, 2.24) is 5.32 Å². The van der Waals surface area contributed by atoms with Gasteiger partial charge in [0.05, 0.1) is 0 Å². The Morgan fingerprint density at radius 1 is 1.88 bits per heavy atom. The molecule has 1 saturated heterocycles. The molecule has 1 nitrogen and oxygen atoms in total. The molecule has 0 aromatic heterocycles. The lowest BCUT2D eigenvalue weighted by Crippen LogP contribution is -2.15. The van der Waals surface area contributed by atoms with Gasteiger partial charge in [-0.15, -0.1) is 23.5 Å². The summed E-state index contributed by atoms with van der Waals surface area (Å²) in [5.41, 5.74) is 0. The summed E-state index contributed by atoms with van der Waals surface area (Å²) >= 11 is 4.01. The number of hydrogen-bond acceptors (Lipinski definition) is 3. The van der Waals surface area contributed by atoms with Gasteiger partial charge in [0.2, 0.25) is 0 Å². The normalized spacial score (nSPS) is 28.9. The minimum absolute atomic E-state index is 0.694. The van der Waals surface area contributed by atoms with Crippen LogP contribution in [0.3, 0.4) is 0 Å². The van der Waals surface area contributed by atoms with Gasteiger partial charge in [-0.2, -0.15) is 0 Å². The van der Waals surface area contributed by atoms with Crippen molar-refractivity contribution in [3.8, 4) is 0 Å². The van der Waals surface area contributed by atoms with Crippen molar-refractivity contribution in [3.63, 3.8) is 0 Å². The van der Waals surface area contributed by atoms with Gasteiger partial charge in [0.15, 0.2) is 0 Å². The lowest BCUT2D eigenvalue weighted by molar-refractivity contribution is 0.854. The molecule has 1 fully saturated rings. The van der Waals surface area contributed by atoms with E-state index in [9.17, 15) is 0 Å². The molecule has 1 aliphatic rings. The minimum atomic E-state index is 0.694. The van der Waals surface area contributed by atoms with Gasteiger partial charge in [-0.3, -0.25) is 5.32 Å². The molecule has 0 saturated carbocycles. The van der Waals surface area contributed by atoms with Gasteiger partial charge in [0, 0.05) is 12.3 Å². The van der Waals surface area contributed by atoms with E-state index in [4.69, 9.17) is 0 Å². The molecule has 3 heteroatoms. The van der Waals surface area contributed by atoms with E-state index in [1.807, 2.05) is 23.5 Å². The van der Waals surface area contributed by atoms with Crippen LogP contribution < -0.4 is 5.32 Å². The molecule has 1 aliphatic heterocycles. The van der Waals surface area contributed by atoms with Crippen LogP contribution in [0, 0.1) is 0 Å². The van der Waals surface area contributed by atoms with Crippen molar-refractivity contribution in [2.24, 2.45) is 0 Å². The molecule has 1 atom stereocenters. The standard InChI is InChI=1S/C5H11NS2/c1-2-7-5-6-3-4-8-5/h5-6H,2-4H2,1H3. The van der Waals surface area contributed by atoms with Crippen LogP contribution in [-0.4, -0.2) is 22.8 Å². The van der Waals surface area contributed by atoms with Crippen LogP contribution in [0.2, 0.25) is 0 Å². The summed E-state index contributed by atoms with van der Waals surface area (Å²) < 4.78 is 0.694. The number of nitrogens with one attached hydrogen (secondary N) is 1. The zero-order valence-electron chi connectivity index (χ0n) is 5.02. The molecular formula is C5H11NS2. The molecule has 0 aliphatic carbocycles. The Bertz CT molecular complexity index is 61.4. The van der Waals surface area contributed by atoms with E-state index in [-0.39, 0.29) is 0 Å². The molecular weight excluding hydrogens is 138 g/mol. The fourth-order valence-corrected chi connectivity index (χ4v) is 2.97. The van der Waals surface area contributed by atoms with Gasteiger partial charge in [0.25, 0.3) is 0 Å². The second-order valence-corrected chi connectivity index (χ2v) is 4.51. The van der Waals surface area contributed by atoms with E-state index < -0.39 is 0 Å². The van der Waals surface area contributed by atoms with Gasteiger partial charge in [-0.25, -0.2) is 0 Å². The largest absolute Gasteiger partial charge is 0.296 e. The van der Waals surface area contributed by atoms with Crippen LogP contribution >= 0.6 is 23.5 Å². The lowest BCUT2D eigenvalue weighted by Gasteiger charge is -2.04. The molecule has 1 rings (SSSR count). The molecule has 48 valence electrons. The van der Waals surface area contributed by atoms with Gasteiger partial charge in [-0.05, 0) is 5.75 Å². The van der Waals surface area contributed by atoms with E-state index in [0.29, 0.717) is 4.71 Å². The first kappa shape index (κ1) is 6.78. The monoisotopic (exact) mass is 149 g/mol. The van der Waals surface area contributed by atoms with E-state index in [0.717, 1.165) is 0 Å². The van der Waals surface area contributed by atoms with Crippen molar-refractivity contribution >= 4 is 23.5 Å². The highest BCUT2D eigenvalue weighted by molar-refractivity contribution is 8.17. The SMILES string of the molecule is CCSC1NCCS1. The van der Waals surface area contributed by atoms with Crippen molar-refractivity contribution in [2.75, 3.05) is 18.1 Å². The van der Waals surface area contributed by atoms with Crippen LogP contribution in [0.15, 0.2) is 0 Å². The molecule has 0 bridgehead atoms. The summed E-state index contributed by atoms with van der Waals surface area (Å²) in [5.74, 6) is 2.52. The highest BCUT2D eigenvalue weighted by atomic mass is 32.2. The summed E-state index contributed by atoms with van der Waals surface area (Å²) in [4.78, 5) is 0. The predicted molar refractivity (Wildman–Crippen MR) is 42.4 cm³/mol. The number of hydrogen-bond donors (Lipinski definition) is 1. The Morgan fingerprint density at radius 3 is 3.25 bits per heavy atom. The van der Waals surface area contributed by atoms with Crippen LogP contribution in [0.1, 0.15) is 6.92 Å². The molecule has 8 heavy (non-hydrogen) atoms. The quantitative estimate of drug-likeness (QED) is 0.636. The molecule has 0 radical (unpaired) electrons. The average molecular weight is 149 g/mol. The first-order valence-electron chi connectivity index (χ1n) is 2.90. The summed E-state index contributed by atoms with van der Waals surface area (Å²) in [6.07, 6.45) is 0. The zero-order chi connectivity index (χ0) is 5.82. The third-order valence-corrected chi connectivity index (χ3v) is 3.53. The maximum atomic E-state index is 3.38. The Hall–Kier alpha value is 0.660. The van der Waals surface area contributed by atoms with Crippen LogP contribution in [0.5, 0.6) is 0 Å². The Balaban J connectivity index is 2.06. The van der Waals surface area contributed by atoms with Crippen molar-refractivity contribution in [2.45, 2.75) is 11.6 Å². The molecule has 1 N–H and O–H groups in total. The highest BCUT2D eigenvalue weighted by Gasteiger charge is 2.12. The first-order valence-corrected chi connectivity index (χ1v) is 5.00. The third kappa shape index (κ3) is 1.88. The Kier molecular flexibility index (Phi) is 3.08. The third-order valence-electron chi connectivity index (χ3n) is 1.00. The summed E-state index contributed by atoms with van der Waals surface area (Å²) in [5, 5.41) is 3.38. The number of rotatable bonds is 2. The Labute approximate surface area is 59.0 Å². The second kappa shape index (κ2) is 3.64. The second-order valence-electron chi connectivity index (χ2n) is 1.61. The van der Waals surface area contributed by atoms with E-state index in [1.54, 1.807) is 0 Å². The molecule has 0 amide bonds. The van der Waals surface area contributed by atoms with Crippen LogP contribution in [-0.2, 0) is 0 Å². The van der Waals surface area contributed by atoms with E-state index in [2.05, 4.69) is 12.2 Å². The molecule has 0 spiro atoms. The topological polar surface area (TPSA) is 12.0 Å². The van der Waals surface area contributed by atoms with Crippen molar-refractivity contribution in [1.29, 1.82) is 0 Å². The van der Waals surface area contributed by atoms with Crippen LogP contribution in [0.25, 0.3) is 0 Å². The van der Waals surface area contributed by atoms with Gasteiger partial charge in [0.1, 0.15) is 4.71 Å². The van der Waals surface area contributed by atoms with Gasteiger partial charge < -0.3 is 0 Å². The predicted octanol–water partition coefficient (Wildman–Crippen LogP) is 1.36. The Morgan fingerprint density at radius 2 is 2.75 bits per heavy atom. The lowest BCUT2D eigenvalue weighted by atomic mass is 10.8. The fourth-order valence-electron chi connectivity index (χ4n) is 0.660. The van der Waals surface area contributed by atoms with E-state index >= 15 is 0 Å². The maximum Gasteiger partial charge on any atom is 0.100 e. The van der Waals surface area contributed by atoms with E-state index in [1.165, 1.54) is 18.1 Å². The molecule has 1 unspecified atom stereocenters. The van der Waals surface area contributed by atoms with Gasteiger partial charge in [-0.1, -0.05) is 6.92 Å². The summed E-state index contributed by atoms with van der Waals surface area (Å²) in [6.45, 7) is 3.40. The van der Waals surface area contributed by atoms with Crippen LogP contribution in [0.4, 0.5) is 0 Å². The van der Waals surface area contributed by atoms with Gasteiger partial charge >= 0.3 is 0 Å². The molecule has 1 heterocycles. The summed E-state index contributed by atoms with van der Waals surface area (Å²) in [7, 11) is 0. The highest BCUT2D eigenvalue weighted by Crippen LogP contribution is 2.23. The fraction of sp³-hybridized carbons (Fsp3) is 1.00. The maximum absolute atomic E-state index is 3.38. The average Bonchev–Trinajstić information content (AvgIpc) is 2.19. The zero-order valence-corrected chi connectivity index (χ0v) is 6.65. The smallest absolute Gasteiger partial charge is 0.100 e. The molecule has 0 aromatic carbocycles. The number of thioether (sulfide) groups is 2. The van der Waals surface area contributed by atoms with Crippen molar-refractivity contribution in [3.05, 3.63) is 0 Å². The van der Waals surface area contributed by atoms with Crippen molar-refractivity contribution < 1.29 is 0 Å². The first-order chi connectivity index (χ1) is 3.93. The molecule has 0 aromatic rings. The summed E-state index contributed by atoms with van der Waals surface area (Å²) in [6, 6.07) is 0.